The lowest BCUT2D eigenvalue weighted by molar-refractivity contribution is -0.125. The van der Waals surface area contributed by atoms with Crippen LogP contribution in [0.3, 0.4) is 0 Å². The Morgan fingerprint density at radius 1 is 1.23 bits per heavy atom. The van der Waals surface area contributed by atoms with Crippen molar-refractivity contribution in [1.82, 2.24) is 5.32 Å². The van der Waals surface area contributed by atoms with Crippen molar-refractivity contribution in [3.8, 4) is 0 Å². The van der Waals surface area contributed by atoms with Crippen LogP contribution in [0.2, 0.25) is 0 Å². The van der Waals surface area contributed by atoms with Gasteiger partial charge < -0.3 is 15.4 Å². The van der Waals surface area contributed by atoms with Crippen LogP contribution in [0.1, 0.15) is 24.0 Å². The van der Waals surface area contributed by atoms with Crippen molar-refractivity contribution in [2.24, 2.45) is 11.8 Å². The van der Waals surface area contributed by atoms with Crippen molar-refractivity contribution >= 4 is 17.5 Å². The van der Waals surface area contributed by atoms with Gasteiger partial charge in [-0.2, -0.15) is 0 Å². The van der Waals surface area contributed by atoms with Crippen LogP contribution in [0.15, 0.2) is 18.2 Å². The highest BCUT2D eigenvalue weighted by Crippen LogP contribution is 2.39. The van der Waals surface area contributed by atoms with Crippen molar-refractivity contribution in [2.75, 3.05) is 25.6 Å². The molecule has 2 rings (SSSR count). The van der Waals surface area contributed by atoms with Gasteiger partial charge >= 0.3 is 0 Å². The monoisotopic (exact) mass is 304 g/mol. The normalized spacial score (nSPS) is 19.6. The third-order valence-corrected chi connectivity index (χ3v) is 4.15. The van der Waals surface area contributed by atoms with Crippen molar-refractivity contribution in [3.05, 3.63) is 29.3 Å². The fraction of sp³-hybridized carbons (Fsp3) is 0.529. The molecule has 0 aliphatic heterocycles. The Kier molecular flexibility index (Phi) is 5.55. The molecular formula is C17H24N2O3. The van der Waals surface area contributed by atoms with Crippen molar-refractivity contribution in [2.45, 2.75) is 26.7 Å². The number of carbonyl (C=O) groups excluding carboxylic acids is 2. The van der Waals surface area contributed by atoms with Crippen molar-refractivity contribution < 1.29 is 14.3 Å². The number of amides is 2. The molecule has 1 aliphatic carbocycles. The fourth-order valence-corrected chi connectivity index (χ4v) is 2.45. The molecule has 1 saturated carbocycles. The van der Waals surface area contributed by atoms with Crippen LogP contribution in [-0.2, 0) is 14.3 Å². The molecule has 0 radical (unpaired) electrons. The number of aryl methyl sites for hydroxylation is 1. The van der Waals surface area contributed by atoms with Crippen LogP contribution in [0.25, 0.3) is 0 Å². The third-order valence-electron chi connectivity index (χ3n) is 4.15. The maximum absolute atomic E-state index is 12.2. The van der Waals surface area contributed by atoms with E-state index < -0.39 is 0 Å². The highest BCUT2D eigenvalue weighted by Gasteiger charge is 2.47. The summed E-state index contributed by atoms with van der Waals surface area (Å²) in [5.74, 6) is -0.488. The van der Waals surface area contributed by atoms with Crippen LogP contribution < -0.4 is 10.6 Å². The van der Waals surface area contributed by atoms with E-state index >= 15 is 0 Å². The summed E-state index contributed by atoms with van der Waals surface area (Å²) in [4.78, 5) is 24.1. The molecule has 1 aliphatic rings. The van der Waals surface area contributed by atoms with Gasteiger partial charge in [-0.3, -0.25) is 9.59 Å². The summed E-state index contributed by atoms with van der Waals surface area (Å²) in [6.45, 7) is 5.21. The molecule has 1 fully saturated rings. The first-order chi connectivity index (χ1) is 10.5. The lowest BCUT2D eigenvalue weighted by atomic mass is 10.1. The summed E-state index contributed by atoms with van der Waals surface area (Å²) in [7, 11) is 1.64. The molecule has 22 heavy (non-hydrogen) atoms. The second-order valence-electron chi connectivity index (χ2n) is 5.82. The number of hydrogen-bond donors (Lipinski definition) is 2. The van der Waals surface area contributed by atoms with Gasteiger partial charge in [0.1, 0.15) is 0 Å². The van der Waals surface area contributed by atoms with Gasteiger partial charge in [0.25, 0.3) is 0 Å². The van der Waals surface area contributed by atoms with Crippen molar-refractivity contribution in [3.63, 3.8) is 0 Å². The highest BCUT2D eigenvalue weighted by molar-refractivity contribution is 5.99. The molecule has 2 N–H and O–H groups in total. The maximum Gasteiger partial charge on any atom is 0.228 e. The minimum absolute atomic E-state index is 0.0304. The molecule has 120 valence electrons. The highest BCUT2D eigenvalue weighted by atomic mass is 16.5. The van der Waals surface area contributed by atoms with Crippen LogP contribution in [0, 0.1) is 25.7 Å². The van der Waals surface area contributed by atoms with Crippen LogP contribution in [-0.4, -0.2) is 32.1 Å². The quantitative estimate of drug-likeness (QED) is 0.757. The van der Waals surface area contributed by atoms with Gasteiger partial charge in [-0.25, -0.2) is 0 Å². The van der Waals surface area contributed by atoms with Gasteiger partial charge in [0, 0.05) is 25.9 Å². The smallest absolute Gasteiger partial charge is 0.228 e. The molecule has 0 heterocycles. The summed E-state index contributed by atoms with van der Waals surface area (Å²) in [6, 6.07) is 5.83. The Morgan fingerprint density at radius 3 is 2.68 bits per heavy atom. The standard InChI is InChI=1S/C17H24N2O3/c1-11-6-4-7-15(12(11)2)19-17(21)14-10-13(14)16(20)18-8-5-9-22-3/h4,6-7,13-14H,5,8-10H2,1-3H3,(H,18,20)(H,19,21). The fourth-order valence-electron chi connectivity index (χ4n) is 2.45. The average molecular weight is 304 g/mol. The Balaban J connectivity index is 1.80. The van der Waals surface area contributed by atoms with E-state index in [1.807, 2.05) is 32.0 Å². The molecule has 0 aromatic heterocycles. The summed E-state index contributed by atoms with van der Waals surface area (Å²) in [5.41, 5.74) is 3.04. The van der Waals surface area contributed by atoms with Gasteiger partial charge in [0.05, 0.1) is 11.8 Å². The zero-order valence-electron chi connectivity index (χ0n) is 13.4. The zero-order chi connectivity index (χ0) is 16.1. The van der Waals surface area contributed by atoms with Crippen LogP contribution >= 0.6 is 0 Å². The van der Waals surface area contributed by atoms with E-state index in [0.29, 0.717) is 19.6 Å². The summed E-state index contributed by atoms with van der Waals surface area (Å²) in [6.07, 6.45) is 1.42. The molecule has 5 heteroatoms. The van der Waals surface area contributed by atoms with E-state index in [-0.39, 0.29) is 23.7 Å². The number of methoxy groups -OCH3 is 1. The second kappa shape index (κ2) is 7.40. The van der Waals surface area contributed by atoms with E-state index in [1.54, 1.807) is 7.11 Å². The summed E-state index contributed by atoms with van der Waals surface area (Å²) < 4.78 is 4.93. The summed E-state index contributed by atoms with van der Waals surface area (Å²) in [5, 5.41) is 5.78. The number of nitrogens with one attached hydrogen (secondary N) is 2. The van der Waals surface area contributed by atoms with Gasteiger partial charge in [0.2, 0.25) is 11.8 Å². The summed E-state index contributed by atoms with van der Waals surface area (Å²) >= 11 is 0. The second-order valence-corrected chi connectivity index (χ2v) is 5.82. The average Bonchev–Trinajstić information content (AvgIpc) is 3.29. The van der Waals surface area contributed by atoms with Gasteiger partial charge in [0.15, 0.2) is 0 Å². The first-order valence-electron chi connectivity index (χ1n) is 7.68. The number of carbonyl (C=O) groups is 2. The van der Waals surface area contributed by atoms with Crippen LogP contribution in [0.5, 0.6) is 0 Å². The molecule has 0 saturated heterocycles. The number of ether oxygens (including phenoxy) is 1. The largest absolute Gasteiger partial charge is 0.385 e. The molecule has 0 spiro atoms. The lowest BCUT2D eigenvalue weighted by Crippen LogP contribution is -2.28. The predicted octanol–water partition coefficient (Wildman–Crippen LogP) is 2.03. The SMILES string of the molecule is COCCCNC(=O)C1CC1C(=O)Nc1cccc(C)c1C. The van der Waals surface area contributed by atoms with Gasteiger partial charge in [-0.1, -0.05) is 12.1 Å². The van der Waals surface area contributed by atoms with Gasteiger partial charge in [-0.15, -0.1) is 0 Å². The Labute approximate surface area is 131 Å². The number of hydrogen-bond acceptors (Lipinski definition) is 3. The van der Waals surface area contributed by atoms with E-state index in [9.17, 15) is 9.59 Å². The first kappa shape index (κ1) is 16.5. The minimum Gasteiger partial charge on any atom is -0.385 e. The molecule has 0 bridgehead atoms. The van der Waals surface area contributed by atoms with Crippen LogP contribution in [0.4, 0.5) is 5.69 Å². The van der Waals surface area contributed by atoms with Crippen molar-refractivity contribution in [1.29, 1.82) is 0 Å². The first-order valence-corrected chi connectivity index (χ1v) is 7.68. The predicted molar refractivity (Wildman–Crippen MR) is 85.6 cm³/mol. The molecular weight excluding hydrogens is 280 g/mol. The Hall–Kier alpha value is -1.88. The minimum atomic E-state index is -0.206. The zero-order valence-corrected chi connectivity index (χ0v) is 13.4. The molecule has 1 aromatic carbocycles. The molecule has 2 atom stereocenters. The molecule has 5 nitrogen and oxygen atoms in total. The number of anilines is 1. The number of rotatable bonds is 7. The van der Waals surface area contributed by atoms with E-state index in [0.717, 1.165) is 23.2 Å². The lowest BCUT2D eigenvalue weighted by Gasteiger charge is -2.10. The van der Waals surface area contributed by atoms with E-state index in [1.165, 1.54) is 0 Å². The number of benzene rings is 1. The van der Waals surface area contributed by atoms with Gasteiger partial charge in [-0.05, 0) is 43.9 Å². The Bertz CT molecular complexity index is 557. The maximum atomic E-state index is 12.2. The third kappa shape index (κ3) is 4.07. The molecule has 2 amide bonds. The van der Waals surface area contributed by atoms with E-state index in [2.05, 4.69) is 10.6 Å². The molecule has 1 aromatic rings. The van der Waals surface area contributed by atoms with E-state index in [4.69, 9.17) is 4.74 Å². The molecule has 2 unspecified atom stereocenters. The Morgan fingerprint density at radius 2 is 1.95 bits per heavy atom. The topological polar surface area (TPSA) is 67.4 Å².